The van der Waals surface area contributed by atoms with Gasteiger partial charge in [-0.3, -0.25) is 14.5 Å². The number of carbonyl (C=O) groups excluding carboxylic acids is 2. The van der Waals surface area contributed by atoms with Crippen molar-refractivity contribution in [3.63, 3.8) is 0 Å². The molecule has 0 saturated heterocycles. The molecule has 6 nitrogen and oxygen atoms in total. The summed E-state index contributed by atoms with van der Waals surface area (Å²) in [5.41, 5.74) is 1.41. The van der Waals surface area contributed by atoms with Crippen LogP contribution in [0, 0.1) is 0 Å². The van der Waals surface area contributed by atoms with Crippen molar-refractivity contribution < 1.29 is 19.8 Å². The van der Waals surface area contributed by atoms with Gasteiger partial charge < -0.3 is 15.5 Å². The van der Waals surface area contributed by atoms with Gasteiger partial charge in [0.05, 0.1) is 10.6 Å². The van der Waals surface area contributed by atoms with Crippen LogP contribution < -0.4 is 10.2 Å². The highest BCUT2D eigenvalue weighted by atomic mass is 35.5. The summed E-state index contributed by atoms with van der Waals surface area (Å²) in [5.74, 6) is -1.54. The van der Waals surface area contributed by atoms with E-state index in [4.69, 9.17) is 11.6 Å². The van der Waals surface area contributed by atoms with Gasteiger partial charge in [-0.15, -0.1) is 0 Å². The third-order valence-electron chi connectivity index (χ3n) is 4.14. The predicted octanol–water partition coefficient (Wildman–Crippen LogP) is 2.46. The van der Waals surface area contributed by atoms with Gasteiger partial charge in [-0.25, -0.2) is 0 Å². The van der Waals surface area contributed by atoms with Crippen molar-refractivity contribution in [2.75, 3.05) is 11.4 Å². The molecule has 2 amide bonds. The first-order valence-electron chi connectivity index (χ1n) is 7.84. The van der Waals surface area contributed by atoms with Gasteiger partial charge in [-0.1, -0.05) is 29.8 Å². The van der Waals surface area contributed by atoms with Crippen molar-refractivity contribution in [1.29, 1.82) is 0 Å². The molecule has 3 rings (SSSR count). The average molecular weight is 361 g/mol. The highest BCUT2D eigenvalue weighted by molar-refractivity contribution is 6.32. The number of para-hydroxylation sites is 1. The Hall–Kier alpha value is -2.73. The molecule has 2 aromatic carbocycles. The zero-order valence-corrected chi connectivity index (χ0v) is 14.2. The number of hydrogen-bond donors (Lipinski definition) is 3. The summed E-state index contributed by atoms with van der Waals surface area (Å²) < 4.78 is 0. The number of nitrogens with one attached hydrogen (secondary N) is 1. The number of benzene rings is 2. The lowest BCUT2D eigenvalue weighted by Gasteiger charge is -2.25. The van der Waals surface area contributed by atoms with E-state index in [-0.39, 0.29) is 22.2 Å². The van der Waals surface area contributed by atoms with Crippen molar-refractivity contribution in [3.8, 4) is 11.5 Å². The number of aromatic hydroxyl groups is 2. The minimum atomic E-state index is -0.711. The zero-order valence-electron chi connectivity index (χ0n) is 13.5. The maximum absolute atomic E-state index is 13.1. The lowest BCUT2D eigenvalue weighted by atomic mass is 10.1. The number of halogens is 1. The molecule has 0 spiro atoms. The summed E-state index contributed by atoms with van der Waals surface area (Å²) in [6.07, 6.45) is 0.389. The van der Waals surface area contributed by atoms with Crippen LogP contribution in [0.5, 0.6) is 11.5 Å². The standard InChI is InChI=1S/C18H17ClN2O4/c1-2-20-17(24)14-7-10-5-3-4-6-13(10)21(14)18(25)11-8-12(19)16(23)9-15(11)22/h3-6,8-9,14,22-23H,2,7H2,1H3,(H,20,24). The Morgan fingerprint density at radius 2 is 1.96 bits per heavy atom. The lowest BCUT2D eigenvalue weighted by molar-refractivity contribution is -0.122. The average Bonchev–Trinajstić information content (AvgIpc) is 2.97. The molecule has 0 saturated carbocycles. The van der Waals surface area contributed by atoms with Crippen molar-refractivity contribution in [3.05, 3.63) is 52.5 Å². The van der Waals surface area contributed by atoms with E-state index in [1.165, 1.54) is 11.0 Å². The first-order chi connectivity index (χ1) is 11.9. The van der Waals surface area contributed by atoms with E-state index in [0.717, 1.165) is 11.6 Å². The third kappa shape index (κ3) is 3.00. The molecule has 1 aliphatic rings. The summed E-state index contributed by atoms with van der Waals surface area (Å²) in [6, 6.07) is 8.74. The van der Waals surface area contributed by atoms with Crippen LogP contribution in [0.3, 0.4) is 0 Å². The number of phenols is 2. The molecule has 0 fully saturated rings. The predicted molar refractivity (Wildman–Crippen MR) is 94.2 cm³/mol. The summed E-state index contributed by atoms with van der Waals surface area (Å²) in [5, 5.41) is 22.3. The fraction of sp³-hybridized carbons (Fsp3) is 0.222. The quantitative estimate of drug-likeness (QED) is 0.784. The monoisotopic (exact) mass is 360 g/mol. The van der Waals surface area contributed by atoms with Crippen molar-refractivity contribution in [1.82, 2.24) is 5.32 Å². The van der Waals surface area contributed by atoms with Gasteiger partial charge in [0.2, 0.25) is 5.91 Å². The van der Waals surface area contributed by atoms with Gasteiger partial charge in [0, 0.05) is 24.7 Å². The Kier molecular flexibility index (Phi) is 4.55. The fourth-order valence-corrected chi connectivity index (χ4v) is 3.15. The highest BCUT2D eigenvalue weighted by Gasteiger charge is 2.39. The Balaban J connectivity index is 2.06. The summed E-state index contributed by atoms with van der Waals surface area (Å²) in [7, 11) is 0. The molecular formula is C18H17ClN2O4. The Morgan fingerprint density at radius 1 is 1.24 bits per heavy atom. The van der Waals surface area contributed by atoms with Gasteiger partial charge in [-0.2, -0.15) is 0 Å². The van der Waals surface area contributed by atoms with Gasteiger partial charge in [0.1, 0.15) is 17.5 Å². The Bertz CT molecular complexity index is 853. The molecule has 0 radical (unpaired) electrons. The second-order valence-electron chi connectivity index (χ2n) is 5.74. The van der Waals surface area contributed by atoms with Crippen LogP contribution in [-0.4, -0.2) is 34.6 Å². The molecule has 1 unspecified atom stereocenters. The number of nitrogens with zero attached hydrogens (tertiary/aromatic N) is 1. The number of rotatable bonds is 3. The minimum Gasteiger partial charge on any atom is -0.507 e. The number of phenolic OH excluding ortho intramolecular Hbond substituents is 2. The number of fused-ring (bicyclic) bond motifs is 1. The highest BCUT2D eigenvalue weighted by Crippen LogP contribution is 2.37. The smallest absolute Gasteiger partial charge is 0.262 e. The van der Waals surface area contributed by atoms with Gasteiger partial charge >= 0.3 is 0 Å². The molecule has 2 aromatic rings. The van der Waals surface area contributed by atoms with Crippen LogP contribution in [0.1, 0.15) is 22.8 Å². The maximum Gasteiger partial charge on any atom is 0.262 e. The number of hydrogen-bond acceptors (Lipinski definition) is 4. The maximum atomic E-state index is 13.1. The SMILES string of the molecule is CCNC(=O)C1Cc2ccccc2N1C(=O)c1cc(Cl)c(O)cc1O. The van der Waals surface area contributed by atoms with Crippen molar-refractivity contribution in [2.45, 2.75) is 19.4 Å². The van der Waals surface area contributed by atoms with E-state index >= 15 is 0 Å². The van der Waals surface area contributed by atoms with Crippen LogP contribution >= 0.6 is 11.6 Å². The largest absolute Gasteiger partial charge is 0.507 e. The van der Waals surface area contributed by atoms with Crippen molar-refractivity contribution in [2.24, 2.45) is 0 Å². The molecule has 1 atom stereocenters. The van der Waals surface area contributed by atoms with E-state index < -0.39 is 17.7 Å². The van der Waals surface area contributed by atoms with Crippen LogP contribution in [0.15, 0.2) is 36.4 Å². The first kappa shape index (κ1) is 17.1. The second-order valence-corrected chi connectivity index (χ2v) is 6.15. The van der Waals surface area contributed by atoms with Crippen molar-refractivity contribution >= 4 is 29.1 Å². The lowest BCUT2D eigenvalue weighted by Crippen LogP contribution is -2.48. The molecule has 0 aliphatic carbocycles. The van der Waals surface area contributed by atoms with E-state index in [1.54, 1.807) is 19.1 Å². The Morgan fingerprint density at radius 3 is 2.68 bits per heavy atom. The van der Waals surface area contributed by atoms with Gasteiger partial charge in [-0.05, 0) is 24.6 Å². The number of anilines is 1. The number of carbonyl (C=O) groups is 2. The number of likely N-dealkylation sites (N-methyl/N-ethyl adjacent to an activating group) is 1. The summed E-state index contributed by atoms with van der Waals surface area (Å²) >= 11 is 5.87. The molecule has 7 heteroatoms. The van der Waals surface area contributed by atoms with Gasteiger partial charge in [0.25, 0.3) is 5.91 Å². The Labute approximate surface area is 149 Å². The van der Waals surface area contributed by atoms with E-state index in [0.29, 0.717) is 18.7 Å². The van der Waals surface area contributed by atoms with Gasteiger partial charge in [0.15, 0.2) is 0 Å². The molecule has 1 aliphatic heterocycles. The summed E-state index contributed by atoms with van der Waals surface area (Å²) in [6.45, 7) is 2.25. The molecule has 1 heterocycles. The number of amides is 2. The molecule has 25 heavy (non-hydrogen) atoms. The first-order valence-corrected chi connectivity index (χ1v) is 8.22. The molecule has 3 N–H and O–H groups in total. The van der Waals surface area contributed by atoms with E-state index in [2.05, 4.69) is 5.32 Å². The topological polar surface area (TPSA) is 89.9 Å². The third-order valence-corrected chi connectivity index (χ3v) is 4.45. The normalized spacial score (nSPS) is 15.8. The van der Waals surface area contributed by atoms with Crippen LogP contribution in [0.25, 0.3) is 0 Å². The molecule has 0 aromatic heterocycles. The second kappa shape index (κ2) is 6.64. The van der Waals surface area contributed by atoms with Crippen LogP contribution in [0.2, 0.25) is 5.02 Å². The molecule has 130 valence electrons. The molecular weight excluding hydrogens is 344 g/mol. The van der Waals surface area contributed by atoms with E-state index in [9.17, 15) is 19.8 Å². The fourth-order valence-electron chi connectivity index (χ4n) is 2.99. The van der Waals surface area contributed by atoms with Crippen LogP contribution in [-0.2, 0) is 11.2 Å². The van der Waals surface area contributed by atoms with E-state index in [1.807, 2.05) is 12.1 Å². The zero-order chi connectivity index (χ0) is 18.1. The minimum absolute atomic E-state index is 0.0526. The van der Waals surface area contributed by atoms with Crippen LogP contribution in [0.4, 0.5) is 5.69 Å². The molecule has 0 bridgehead atoms. The summed E-state index contributed by atoms with van der Waals surface area (Å²) in [4.78, 5) is 26.9.